The third-order valence-corrected chi connectivity index (χ3v) is 3.13. The molecule has 0 aliphatic carbocycles. The Kier molecular flexibility index (Phi) is 6.47. The smallest absolute Gasteiger partial charge is 0.336 e. The van der Waals surface area contributed by atoms with Crippen molar-refractivity contribution >= 4 is 17.9 Å². The first kappa shape index (κ1) is 18.4. The van der Waals surface area contributed by atoms with E-state index < -0.39 is 24.0 Å². The number of aliphatic hydroxyl groups excluding tert-OH is 1. The Labute approximate surface area is 132 Å². The highest BCUT2D eigenvalue weighted by Crippen LogP contribution is 2.22. The highest BCUT2D eigenvalue weighted by atomic mass is 16.5. The number of ether oxygens (including phenoxy) is 1. The van der Waals surface area contributed by atoms with E-state index in [2.05, 4.69) is 6.58 Å². The van der Waals surface area contributed by atoms with Crippen LogP contribution < -0.4 is 0 Å². The molecule has 0 saturated heterocycles. The molecule has 0 spiro atoms. The molecule has 1 rings (SSSR count). The van der Waals surface area contributed by atoms with Crippen LogP contribution in [0.3, 0.4) is 0 Å². The normalized spacial score (nSPS) is 11.6. The van der Waals surface area contributed by atoms with Gasteiger partial charge < -0.3 is 20.1 Å². The predicted octanol–water partition coefficient (Wildman–Crippen LogP) is 1.28. The van der Waals surface area contributed by atoms with Crippen LogP contribution in [-0.2, 0) is 22.4 Å². The monoisotopic (exact) mass is 322 g/mol. The van der Waals surface area contributed by atoms with Crippen LogP contribution in [0.4, 0.5) is 0 Å². The second-order valence-electron chi connectivity index (χ2n) is 4.91. The average molecular weight is 322 g/mol. The molecular weight excluding hydrogens is 304 g/mol. The topological polar surface area (TPSA) is 121 Å². The molecule has 0 radical (unpaired) electrons. The Hall–Kier alpha value is -2.67. The number of carboxylic acids is 2. The van der Waals surface area contributed by atoms with Gasteiger partial charge in [-0.05, 0) is 30.5 Å². The maximum atomic E-state index is 11.5. The number of aliphatic hydroxyl groups is 1. The molecule has 124 valence electrons. The summed E-state index contributed by atoms with van der Waals surface area (Å²) in [6.45, 7) is 4.66. The molecule has 0 aromatic heterocycles. The van der Waals surface area contributed by atoms with E-state index in [4.69, 9.17) is 9.84 Å². The molecule has 0 fully saturated rings. The van der Waals surface area contributed by atoms with Gasteiger partial charge >= 0.3 is 17.9 Å². The molecule has 1 atom stereocenters. The molecule has 7 nitrogen and oxygen atoms in total. The zero-order chi connectivity index (χ0) is 17.6. The van der Waals surface area contributed by atoms with Gasteiger partial charge in [-0.3, -0.25) is 0 Å². The van der Waals surface area contributed by atoms with Crippen molar-refractivity contribution in [2.24, 2.45) is 0 Å². The van der Waals surface area contributed by atoms with Crippen LogP contribution in [0.15, 0.2) is 24.8 Å². The summed E-state index contributed by atoms with van der Waals surface area (Å²) in [5.41, 5.74) is 0.0226. The van der Waals surface area contributed by atoms with Crippen molar-refractivity contribution in [3.63, 3.8) is 0 Å². The number of hydrogen-bond acceptors (Lipinski definition) is 5. The van der Waals surface area contributed by atoms with Gasteiger partial charge in [0.25, 0.3) is 0 Å². The lowest BCUT2D eigenvalue weighted by atomic mass is 9.91. The van der Waals surface area contributed by atoms with Crippen molar-refractivity contribution in [2.75, 3.05) is 6.61 Å². The number of benzene rings is 1. The van der Waals surface area contributed by atoms with Crippen LogP contribution >= 0.6 is 0 Å². The van der Waals surface area contributed by atoms with Gasteiger partial charge in [0.2, 0.25) is 0 Å². The van der Waals surface area contributed by atoms with Crippen molar-refractivity contribution in [3.8, 4) is 0 Å². The Morgan fingerprint density at radius 3 is 2.39 bits per heavy atom. The zero-order valence-corrected chi connectivity index (χ0v) is 12.6. The van der Waals surface area contributed by atoms with E-state index in [-0.39, 0.29) is 36.1 Å². The summed E-state index contributed by atoms with van der Waals surface area (Å²) in [6.07, 6.45) is 0.416. The minimum Gasteiger partial charge on any atom is -0.478 e. The van der Waals surface area contributed by atoms with Crippen molar-refractivity contribution in [2.45, 2.75) is 25.9 Å². The SMILES string of the molecule is C=CC(=O)OCCc1c(CC(C)O)ccc(C(=O)O)c1C(=O)O. The van der Waals surface area contributed by atoms with E-state index in [1.54, 1.807) is 0 Å². The van der Waals surface area contributed by atoms with Gasteiger partial charge in [-0.25, -0.2) is 14.4 Å². The molecule has 0 heterocycles. The summed E-state index contributed by atoms with van der Waals surface area (Å²) in [4.78, 5) is 33.8. The van der Waals surface area contributed by atoms with Crippen molar-refractivity contribution in [1.82, 2.24) is 0 Å². The summed E-state index contributed by atoms with van der Waals surface area (Å²) in [7, 11) is 0. The van der Waals surface area contributed by atoms with Crippen molar-refractivity contribution < 1.29 is 34.4 Å². The van der Waals surface area contributed by atoms with E-state index in [0.717, 1.165) is 6.08 Å². The Balaban J connectivity index is 3.29. The van der Waals surface area contributed by atoms with Gasteiger partial charge in [0.1, 0.15) is 0 Å². The van der Waals surface area contributed by atoms with E-state index in [1.807, 2.05) is 0 Å². The van der Waals surface area contributed by atoms with Gasteiger partial charge in [0, 0.05) is 12.5 Å². The molecule has 1 aromatic rings. The minimum atomic E-state index is -1.39. The second-order valence-corrected chi connectivity index (χ2v) is 4.91. The first-order valence-corrected chi connectivity index (χ1v) is 6.86. The molecule has 1 unspecified atom stereocenters. The maximum Gasteiger partial charge on any atom is 0.336 e. The summed E-state index contributed by atoms with van der Waals surface area (Å²) in [5, 5.41) is 28.0. The number of carbonyl (C=O) groups is 3. The fraction of sp³-hybridized carbons (Fsp3) is 0.312. The van der Waals surface area contributed by atoms with Gasteiger partial charge in [-0.15, -0.1) is 0 Å². The first-order chi connectivity index (χ1) is 10.8. The van der Waals surface area contributed by atoms with E-state index in [0.29, 0.717) is 5.56 Å². The quantitative estimate of drug-likeness (QED) is 0.487. The third kappa shape index (κ3) is 4.93. The van der Waals surface area contributed by atoms with Gasteiger partial charge in [-0.2, -0.15) is 0 Å². The fourth-order valence-electron chi connectivity index (χ4n) is 2.22. The average Bonchev–Trinajstić information content (AvgIpc) is 2.46. The van der Waals surface area contributed by atoms with Crippen LogP contribution in [0.25, 0.3) is 0 Å². The van der Waals surface area contributed by atoms with Crippen molar-refractivity contribution in [1.29, 1.82) is 0 Å². The lowest BCUT2D eigenvalue weighted by Crippen LogP contribution is -2.17. The lowest BCUT2D eigenvalue weighted by molar-refractivity contribution is -0.137. The molecule has 0 saturated carbocycles. The van der Waals surface area contributed by atoms with Crippen molar-refractivity contribution in [3.05, 3.63) is 47.0 Å². The molecular formula is C16H18O7. The van der Waals surface area contributed by atoms with Gasteiger partial charge in [-0.1, -0.05) is 12.6 Å². The first-order valence-electron chi connectivity index (χ1n) is 6.86. The van der Waals surface area contributed by atoms with E-state index in [9.17, 15) is 24.6 Å². The standard InChI is InChI=1S/C16H18O7/c1-3-13(18)23-7-6-11-10(8-9(2)17)4-5-12(15(19)20)14(11)16(21)22/h3-5,9,17H,1,6-8H2,2H3,(H,19,20)(H,21,22). The predicted molar refractivity (Wildman–Crippen MR) is 80.6 cm³/mol. The molecule has 1 aromatic carbocycles. The summed E-state index contributed by atoms with van der Waals surface area (Å²) < 4.78 is 4.83. The van der Waals surface area contributed by atoms with Crippen LogP contribution in [0.2, 0.25) is 0 Å². The number of aromatic carboxylic acids is 2. The Morgan fingerprint density at radius 1 is 1.26 bits per heavy atom. The second kappa shape index (κ2) is 8.09. The molecule has 0 aliphatic heterocycles. The molecule has 23 heavy (non-hydrogen) atoms. The summed E-state index contributed by atoms with van der Waals surface area (Å²) >= 11 is 0. The molecule has 0 bridgehead atoms. The van der Waals surface area contributed by atoms with E-state index >= 15 is 0 Å². The van der Waals surface area contributed by atoms with E-state index in [1.165, 1.54) is 19.1 Å². The largest absolute Gasteiger partial charge is 0.478 e. The zero-order valence-electron chi connectivity index (χ0n) is 12.6. The maximum absolute atomic E-state index is 11.5. The minimum absolute atomic E-state index is 0.0182. The highest BCUT2D eigenvalue weighted by Gasteiger charge is 2.23. The van der Waals surface area contributed by atoms with Crippen LogP contribution in [0, 0.1) is 0 Å². The number of carboxylic acid groups (broad SMARTS) is 2. The molecule has 0 amide bonds. The lowest BCUT2D eigenvalue weighted by Gasteiger charge is -2.16. The number of hydrogen-bond donors (Lipinski definition) is 3. The van der Waals surface area contributed by atoms with Crippen LogP contribution in [-0.4, -0.2) is 45.9 Å². The van der Waals surface area contributed by atoms with Crippen LogP contribution in [0.5, 0.6) is 0 Å². The van der Waals surface area contributed by atoms with Gasteiger partial charge in [0.15, 0.2) is 0 Å². The summed E-state index contributed by atoms with van der Waals surface area (Å²) in [6, 6.07) is 2.66. The number of esters is 1. The van der Waals surface area contributed by atoms with Crippen LogP contribution in [0.1, 0.15) is 38.8 Å². The number of carbonyl (C=O) groups excluding carboxylic acids is 1. The molecule has 3 N–H and O–H groups in total. The number of rotatable bonds is 8. The Morgan fingerprint density at radius 2 is 1.91 bits per heavy atom. The molecule has 0 aliphatic rings. The highest BCUT2D eigenvalue weighted by molar-refractivity contribution is 6.03. The third-order valence-electron chi connectivity index (χ3n) is 3.13. The fourth-order valence-corrected chi connectivity index (χ4v) is 2.22. The molecule has 7 heteroatoms. The Bertz CT molecular complexity index is 632. The van der Waals surface area contributed by atoms with Gasteiger partial charge in [0.05, 0.1) is 23.8 Å². The summed E-state index contributed by atoms with van der Waals surface area (Å²) in [5.74, 6) is -3.41.